The van der Waals surface area contributed by atoms with Gasteiger partial charge in [-0.3, -0.25) is 9.69 Å². The molecule has 2 N–H and O–H groups in total. The second-order valence-electron chi connectivity index (χ2n) is 13.4. The number of benzene rings is 2. The summed E-state index contributed by atoms with van der Waals surface area (Å²) >= 11 is 14.0. The van der Waals surface area contributed by atoms with Crippen LogP contribution in [0.2, 0.25) is 10.0 Å². The standard InChI is InChI=1S/C36H40Cl2N6O5/c1-36(2,3)49-35(47)44-17-15-29-28(20-44)39-32(42(29)4)33(46)40-27-11-7-9-24(31(27)38)23-8-6-10-25(30(23)37)26-13-12-21(34(41-26)48-5)18-43-16-14-22(45)19-43/h6-13,22,45H,14-20H2,1-5H3,(H,40,46)/t22-/m1/s1. The van der Waals surface area contributed by atoms with Crippen LogP contribution in [0.1, 0.15) is 54.8 Å². The highest BCUT2D eigenvalue weighted by atomic mass is 35.5. The summed E-state index contributed by atoms with van der Waals surface area (Å²) in [6.45, 7) is 8.26. The van der Waals surface area contributed by atoms with Crippen LogP contribution in [0.3, 0.4) is 0 Å². The van der Waals surface area contributed by atoms with Crippen LogP contribution in [0.15, 0.2) is 48.5 Å². The molecule has 11 nitrogen and oxygen atoms in total. The fraction of sp³-hybridized carbons (Fsp3) is 0.389. The molecule has 1 fully saturated rings. The maximum Gasteiger partial charge on any atom is 0.410 e. The van der Waals surface area contributed by atoms with Crippen molar-refractivity contribution in [3.05, 3.63) is 81.4 Å². The van der Waals surface area contributed by atoms with Crippen LogP contribution in [0.4, 0.5) is 10.5 Å². The third-order valence-electron chi connectivity index (χ3n) is 8.70. The van der Waals surface area contributed by atoms with Gasteiger partial charge in [0.25, 0.3) is 5.91 Å². The number of aromatic nitrogens is 3. The van der Waals surface area contributed by atoms with Gasteiger partial charge in [0.2, 0.25) is 5.88 Å². The number of halogens is 2. The molecule has 0 aliphatic carbocycles. The number of hydrogen-bond donors (Lipinski definition) is 2. The van der Waals surface area contributed by atoms with Gasteiger partial charge in [0.05, 0.1) is 46.9 Å². The molecule has 0 spiro atoms. The molecule has 49 heavy (non-hydrogen) atoms. The van der Waals surface area contributed by atoms with E-state index in [0.29, 0.717) is 75.7 Å². The van der Waals surface area contributed by atoms with Crippen LogP contribution in [-0.2, 0) is 31.3 Å². The molecule has 13 heteroatoms. The number of carbonyl (C=O) groups excluding carboxylic acids is 2. The Hall–Kier alpha value is -4.16. The van der Waals surface area contributed by atoms with Gasteiger partial charge in [-0.15, -0.1) is 0 Å². The number of aliphatic hydroxyl groups is 1. The van der Waals surface area contributed by atoms with Gasteiger partial charge >= 0.3 is 6.09 Å². The zero-order valence-electron chi connectivity index (χ0n) is 28.2. The Balaban J connectivity index is 1.22. The van der Waals surface area contributed by atoms with E-state index in [0.717, 1.165) is 24.2 Å². The first-order valence-corrected chi connectivity index (χ1v) is 16.9. The summed E-state index contributed by atoms with van der Waals surface area (Å²) < 4.78 is 12.9. The Kier molecular flexibility index (Phi) is 9.90. The predicted molar refractivity (Wildman–Crippen MR) is 189 cm³/mol. The molecule has 2 aliphatic heterocycles. The molecule has 2 amide bonds. The number of nitrogens with zero attached hydrogens (tertiary/aromatic N) is 5. The van der Waals surface area contributed by atoms with E-state index in [1.54, 1.807) is 35.8 Å². The smallest absolute Gasteiger partial charge is 0.410 e. The van der Waals surface area contributed by atoms with E-state index >= 15 is 0 Å². The lowest BCUT2D eigenvalue weighted by atomic mass is 10.00. The molecule has 0 radical (unpaired) electrons. The van der Waals surface area contributed by atoms with Gasteiger partial charge in [0.1, 0.15) is 5.60 Å². The van der Waals surface area contributed by atoms with Crippen molar-refractivity contribution in [1.29, 1.82) is 0 Å². The second-order valence-corrected chi connectivity index (χ2v) is 14.1. The van der Waals surface area contributed by atoms with Crippen molar-refractivity contribution in [2.75, 3.05) is 32.1 Å². The summed E-state index contributed by atoms with van der Waals surface area (Å²) in [5.41, 5.74) is 4.90. The molecule has 0 bridgehead atoms. The maximum absolute atomic E-state index is 13.6. The first kappa shape index (κ1) is 34.7. The van der Waals surface area contributed by atoms with Gasteiger partial charge in [-0.25, -0.2) is 14.8 Å². The molecule has 4 aromatic rings. The number of carbonyl (C=O) groups is 2. The van der Waals surface area contributed by atoms with E-state index < -0.39 is 17.6 Å². The number of nitrogens with one attached hydrogen (secondary N) is 1. The lowest BCUT2D eigenvalue weighted by Crippen LogP contribution is -2.40. The molecular formula is C36H40Cl2N6O5. The van der Waals surface area contributed by atoms with E-state index in [1.807, 2.05) is 57.2 Å². The van der Waals surface area contributed by atoms with Crippen molar-refractivity contribution in [2.24, 2.45) is 7.05 Å². The summed E-state index contributed by atoms with van der Waals surface area (Å²) in [5, 5.41) is 13.6. The third-order valence-corrected chi connectivity index (χ3v) is 9.51. The summed E-state index contributed by atoms with van der Waals surface area (Å²) in [7, 11) is 3.38. The molecule has 1 saturated heterocycles. The van der Waals surface area contributed by atoms with E-state index in [4.69, 9.17) is 37.7 Å². The average molecular weight is 708 g/mol. The highest BCUT2D eigenvalue weighted by molar-refractivity contribution is 6.39. The zero-order chi connectivity index (χ0) is 35.0. The molecule has 258 valence electrons. The molecule has 4 heterocycles. The number of hydrogen-bond acceptors (Lipinski definition) is 8. The van der Waals surface area contributed by atoms with Gasteiger partial charge < -0.3 is 29.4 Å². The van der Waals surface area contributed by atoms with Crippen LogP contribution >= 0.6 is 23.2 Å². The minimum Gasteiger partial charge on any atom is -0.481 e. The molecular weight excluding hydrogens is 667 g/mol. The van der Waals surface area contributed by atoms with Crippen LogP contribution in [0, 0.1) is 0 Å². The van der Waals surface area contributed by atoms with Gasteiger partial charge in [0, 0.05) is 67.6 Å². The number of pyridine rings is 1. The lowest BCUT2D eigenvalue weighted by Gasteiger charge is -2.29. The summed E-state index contributed by atoms with van der Waals surface area (Å²) in [6, 6.07) is 14.9. The van der Waals surface area contributed by atoms with Crippen molar-refractivity contribution in [1.82, 2.24) is 24.3 Å². The van der Waals surface area contributed by atoms with Crippen molar-refractivity contribution in [3.8, 4) is 28.3 Å². The minimum absolute atomic E-state index is 0.210. The third kappa shape index (κ3) is 7.40. The minimum atomic E-state index is -0.610. The summed E-state index contributed by atoms with van der Waals surface area (Å²) in [6.07, 6.45) is 0.581. The number of ether oxygens (including phenoxy) is 2. The number of rotatable bonds is 7. The van der Waals surface area contributed by atoms with Crippen molar-refractivity contribution < 1.29 is 24.2 Å². The normalized spacial score (nSPS) is 16.4. The highest BCUT2D eigenvalue weighted by Gasteiger charge is 2.30. The molecule has 2 aromatic heterocycles. The van der Waals surface area contributed by atoms with E-state index in [9.17, 15) is 14.7 Å². The molecule has 2 aromatic carbocycles. The fourth-order valence-electron chi connectivity index (χ4n) is 6.28. The van der Waals surface area contributed by atoms with E-state index in [-0.39, 0.29) is 18.5 Å². The van der Waals surface area contributed by atoms with Gasteiger partial charge in [0.15, 0.2) is 5.82 Å². The number of anilines is 1. The number of imidazole rings is 1. The number of β-amino-alcohol motifs (C(OH)–C–C–N with tert-alkyl or cyclic N) is 1. The molecule has 2 aliphatic rings. The van der Waals surface area contributed by atoms with Gasteiger partial charge in [-0.1, -0.05) is 59.6 Å². The van der Waals surface area contributed by atoms with E-state index in [2.05, 4.69) is 15.2 Å². The average Bonchev–Trinajstić information content (AvgIpc) is 3.63. The number of aliphatic hydroxyl groups excluding tert-OH is 1. The van der Waals surface area contributed by atoms with Crippen LogP contribution in [0.5, 0.6) is 5.88 Å². The summed E-state index contributed by atoms with van der Waals surface area (Å²) in [5.74, 6) is 0.276. The zero-order valence-corrected chi connectivity index (χ0v) is 29.7. The fourth-order valence-corrected chi connectivity index (χ4v) is 6.88. The van der Waals surface area contributed by atoms with Crippen molar-refractivity contribution >= 4 is 40.9 Å². The Morgan fingerprint density at radius 3 is 2.41 bits per heavy atom. The number of methoxy groups -OCH3 is 1. The van der Waals surface area contributed by atoms with Crippen molar-refractivity contribution in [2.45, 2.75) is 58.4 Å². The molecule has 0 saturated carbocycles. The quantitative estimate of drug-likeness (QED) is 0.221. The van der Waals surface area contributed by atoms with Gasteiger partial charge in [-0.05, 0) is 39.3 Å². The van der Waals surface area contributed by atoms with Gasteiger partial charge in [-0.2, -0.15) is 0 Å². The Morgan fingerprint density at radius 1 is 1.00 bits per heavy atom. The lowest BCUT2D eigenvalue weighted by molar-refractivity contribution is 0.0220. The SMILES string of the molecule is COc1nc(-c2cccc(-c3cccc(NC(=O)c4nc5c(n4C)CCN(C(=O)OC(C)(C)C)C5)c3Cl)c2Cl)ccc1CN1CC[C@@H](O)C1. The monoisotopic (exact) mass is 706 g/mol. The number of likely N-dealkylation sites (tertiary alicyclic amines) is 1. The maximum atomic E-state index is 13.6. The Bertz CT molecular complexity index is 1910. The second kappa shape index (κ2) is 14.0. The predicted octanol–water partition coefficient (Wildman–Crippen LogP) is 6.58. The van der Waals surface area contributed by atoms with Crippen LogP contribution < -0.4 is 10.1 Å². The first-order chi connectivity index (χ1) is 23.3. The Labute approximate surface area is 295 Å². The van der Waals surface area contributed by atoms with Crippen molar-refractivity contribution in [3.63, 3.8) is 0 Å². The molecule has 1 atom stereocenters. The number of fused-ring (bicyclic) bond motifs is 1. The topological polar surface area (TPSA) is 122 Å². The largest absolute Gasteiger partial charge is 0.481 e. The highest BCUT2D eigenvalue weighted by Crippen LogP contribution is 2.41. The van der Waals surface area contributed by atoms with E-state index in [1.165, 1.54) is 0 Å². The first-order valence-electron chi connectivity index (χ1n) is 16.2. The Morgan fingerprint density at radius 2 is 1.71 bits per heavy atom. The van der Waals surface area contributed by atoms with Crippen LogP contribution in [0.25, 0.3) is 22.4 Å². The molecule has 6 rings (SSSR count). The van der Waals surface area contributed by atoms with Crippen LogP contribution in [-0.4, -0.2) is 79.9 Å². The molecule has 0 unspecified atom stereocenters. The summed E-state index contributed by atoms with van der Waals surface area (Å²) in [4.78, 5) is 39.4. The number of amides is 2.